The van der Waals surface area contributed by atoms with E-state index in [2.05, 4.69) is 11.8 Å². The number of hydrogen-bond donors (Lipinski definition) is 0. The Bertz CT molecular complexity index is 851. The standard InChI is InChI=1S/C22H28ClN3O3/c1-21-10-15-8-16(11-21)13-22(12-15,14-21)25-6-4-24(5-7-25)20(27)18-3-2-17(23)9-19(18)26(28)29/h2-3,9,15-16H,4-8,10-14H2,1H3/t15-,16-,21?,22?/m1/s1. The summed E-state index contributed by atoms with van der Waals surface area (Å²) < 4.78 is 0. The first kappa shape index (κ1) is 19.3. The molecule has 156 valence electrons. The lowest BCUT2D eigenvalue weighted by molar-refractivity contribution is -0.385. The van der Waals surface area contributed by atoms with Crippen molar-refractivity contribution < 1.29 is 9.72 Å². The maximum absolute atomic E-state index is 13.0. The van der Waals surface area contributed by atoms with Crippen LogP contribution in [0.5, 0.6) is 0 Å². The minimum absolute atomic E-state index is 0.134. The van der Waals surface area contributed by atoms with Crippen LogP contribution >= 0.6 is 11.6 Å². The molecule has 1 aliphatic heterocycles. The first-order chi connectivity index (χ1) is 13.8. The van der Waals surface area contributed by atoms with E-state index in [0.717, 1.165) is 24.9 Å². The summed E-state index contributed by atoms with van der Waals surface area (Å²) in [4.78, 5) is 28.3. The molecule has 5 aliphatic rings. The monoisotopic (exact) mass is 417 g/mol. The number of nitrogens with zero attached hydrogens (tertiary/aromatic N) is 3. The Morgan fingerprint density at radius 3 is 2.38 bits per heavy atom. The fourth-order valence-corrected chi connectivity index (χ4v) is 7.59. The minimum Gasteiger partial charge on any atom is -0.336 e. The number of benzene rings is 1. The number of carbonyl (C=O) groups excluding carboxylic acids is 1. The average molecular weight is 418 g/mol. The highest BCUT2D eigenvalue weighted by molar-refractivity contribution is 6.31. The van der Waals surface area contributed by atoms with Gasteiger partial charge in [-0.25, -0.2) is 0 Å². The molecule has 0 unspecified atom stereocenters. The van der Waals surface area contributed by atoms with Crippen molar-refractivity contribution in [1.29, 1.82) is 0 Å². The summed E-state index contributed by atoms with van der Waals surface area (Å²) in [5, 5.41) is 11.6. The van der Waals surface area contributed by atoms with Gasteiger partial charge in [0.1, 0.15) is 5.56 Å². The molecule has 1 aromatic rings. The number of hydrogen-bond acceptors (Lipinski definition) is 4. The lowest BCUT2D eigenvalue weighted by atomic mass is 9.47. The number of nitro groups is 1. The molecule has 6 nitrogen and oxygen atoms in total. The Balaban J connectivity index is 1.30. The van der Waals surface area contributed by atoms with Crippen molar-refractivity contribution in [2.45, 2.75) is 51.0 Å². The summed E-state index contributed by atoms with van der Waals surface area (Å²) in [5.41, 5.74) is 0.746. The van der Waals surface area contributed by atoms with E-state index in [9.17, 15) is 14.9 Å². The summed E-state index contributed by atoms with van der Waals surface area (Å²) in [7, 11) is 0. The van der Waals surface area contributed by atoms with Crippen LogP contribution in [0.3, 0.4) is 0 Å². The van der Waals surface area contributed by atoms with E-state index in [1.165, 1.54) is 50.7 Å². The molecular formula is C22H28ClN3O3. The van der Waals surface area contributed by atoms with Crippen molar-refractivity contribution >= 4 is 23.2 Å². The highest BCUT2D eigenvalue weighted by Gasteiger charge is 2.58. The first-order valence-corrected chi connectivity index (χ1v) is 11.1. The van der Waals surface area contributed by atoms with Gasteiger partial charge in [-0.15, -0.1) is 0 Å². The van der Waals surface area contributed by atoms with Gasteiger partial charge in [0.05, 0.1) is 4.92 Å². The van der Waals surface area contributed by atoms with Crippen LogP contribution in [0.2, 0.25) is 5.02 Å². The summed E-state index contributed by atoms with van der Waals surface area (Å²) in [6, 6.07) is 4.30. The molecule has 5 fully saturated rings. The van der Waals surface area contributed by atoms with Crippen LogP contribution in [0.25, 0.3) is 0 Å². The predicted octanol–water partition coefficient (Wildman–Crippen LogP) is 4.36. The Hall–Kier alpha value is -1.66. The van der Waals surface area contributed by atoms with E-state index in [4.69, 9.17) is 11.6 Å². The van der Waals surface area contributed by atoms with E-state index in [-0.39, 0.29) is 22.2 Å². The Labute approximate surface area is 176 Å². The molecule has 1 amide bonds. The van der Waals surface area contributed by atoms with E-state index < -0.39 is 4.92 Å². The second kappa shape index (κ2) is 6.67. The molecule has 0 spiro atoms. The lowest BCUT2D eigenvalue weighted by Crippen LogP contribution is -2.66. The van der Waals surface area contributed by atoms with Gasteiger partial charge in [0.2, 0.25) is 0 Å². The first-order valence-electron chi connectivity index (χ1n) is 10.8. The SMILES string of the molecule is CC12C[C@H]3C[C@H](C1)CC(N1CCN(C(=O)c4ccc(Cl)cc4[N+](=O)[O-])CC1)(C3)C2. The van der Waals surface area contributed by atoms with Crippen LogP contribution in [0.1, 0.15) is 55.8 Å². The molecule has 1 aromatic carbocycles. The van der Waals surface area contributed by atoms with Crippen molar-refractivity contribution in [3.63, 3.8) is 0 Å². The summed E-state index contributed by atoms with van der Waals surface area (Å²) in [6.45, 7) is 5.47. The number of nitro benzene ring substituents is 1. The minimum atomic E-state index is -0.522. The number of amides is 1. The molecule has 0 N–H and O–H groups in total. The van der Waals surface area contributed by atoms with E-state index in [1.54, 1.807) is 11.0 Å². The largest absolute Gasteiger partial charge is 0.336 e. The van der Waals surface area contributed by atoms with Crippen molar-refractivity contribution in [2.24, 2.45) is 17.3 Å². The summed E-state index contributed by atoms with van der Waals surface area (Å²) >= 11 is 5.90. The van der Waals surface area contributed by atoms with Crippen molar-refractivity contribution in [3.05, 3.63) is 38.9 Å². The fourth-order valence-electron chi connectivity index (χ4n) is 7.43. The molecular weight excluding hydrogens is 390 g/mol. The third kappa shape index (κ3) is 3.25. The highest BCUT2D eigenvalue weighted by atomic mass is 35.5. The number of halogens is 1. The number of piperazine rings is 1. The van der Waals surface area contributed by atoms with Crippen LogP contribution in [0.15, 0.2) is 18.2 Å². The van der Waals surface area contributed by atoms with Crippen molar-refractivity contribution in [3.8, 4) is 0 Å². The Kier molecular flexibility index (Phi) is 4.44. The van der Waals surface area contributed by atoms with Crippen LogP contribution in [0.4, 0.5) is 5.69 Å². The second-order valence-electron chi connectivity index (χ2n) is 10.2. The quantitative estimate of drug-likeness (QED) is 0.541. The van der Waals surface area contributed by atoms with Crippen LogP contribution in [0, 0.1) is 27.4 Å². The second-order valence-corrected chi connectivity index (χ2v) is 10.6. The lowest BCUT2D eigenvalue weighted by Gasteiger charge is -2.65. The topological polar surface area (TPSA) is 66.7 Å². The highest BCUT2D eigenvalue weighted by Crippen LogP contribution is 2.63. The number of carbonyl (C=O) groups is 1. The predicted molar refractivity (Wildman–Crippen MR) is 111 cm³/mol. The maximum atomic E-state index is 13.0. The van der Waals surface area contributed by atoms with Crippen molar-refractivity contribution in [2.75, 3.05) is 26.2 Å². The Morgan fingerprint density at radius 1 is 1.14 bits per heavy atom. The van der Waals surface area contributed by atoms with Gasteiger partial charge in [0.25, 0.3) is 11.6 Å². The van der Waals surface area contributed by atoms with Gasteiger partial charge >= 0.3 is 0 Å². The van der Waals surface area contributed by atoms with Crippen LogP contribution in [-0.4, -0.2) is 52.3 Å². The molecule has 2 atom stereocenters. The van der Waals surface area contributed by atoms with Gasteiger partial charge in [-0.2, -0.15) is 0 Å². The smallest absolute Gasteiger partial charge is 0.283 e. The zero-order valence-electron chi connectivity index (χ0n) is 16.9. The third-order valence-corrected chi connectivity index (χ3v) is 8.18. The van der Waals surface area contributed by atoms with E-state index >= 15 is 0 Å². The number of rotatable bonds is 3. The molecule has 29 heavy (non-hydrogen) atoms. The molecule has 7 heteroatoms. The van der Waals surface area contributed by atoms with Gasteiger partial charge in [-0.1, -0.05) is 18.5 Å². The fraction of sp³-hybridized carbons (Fsp3) is 0.682. The normalized spacial score (nSPS) is 36.4. The summed E-state index contributed by atoms with van der Waals surface area (Å²) in [5.74, 6) is 1.49. The molecule has 1 heterocycles. The van der Waals surface area contributed by atoms with E-state index in [0.29, 0.717) is 24.0 Å². The third-order valence-electron chi connectivity index (χ3n) is 7.95. The molecule has 0 aromatic heterocycles. The molecule has 6 rings (SSSR count). The van der Waals surface area contributed by atoms with Gasteiger partial charge in [-0.3, -0.25) is 19.8 Å². The van der Waals surface area contributed by atoms with Gasteiger partial charge in [0.15, 0.2) is 0 Å². The van der Waals surface area contributed by atoms with Crippen molar-refractivity contribution in [1.82, 2.24) is 9.80 Å². The Morgan fingerprint density at radius 2 is 1.79 bits per heavy atom. The molecule has 1 saturated heterocycles. The molecule has 0 radical (unpaired) electrons. The molecule has 4 bridgehead atoms. The van der Waals surface area contributed by atoms with Gasteiger partial charge < -0.3 is 4.90 Å². The molecule has 4 saturated carbocycles. The summed E-state index contributed by atoms with van der Waals surface area (Å²) in [6.07, 6.45) is 8.12. The zero-order valence-corrected chi connectivity index (χ0v) is 17.7. The average Bonchev–Trinajstić information content (AvgIpc) is 2.65. The molecule has 4 aliphatic carbocycles. The zero-order chi connectivity index (χ0) is 20.4. The van der Waals surface area contributed by atoms with Gasteiger partial charge in [-0.05, 0) is 67.9 Å². The van der Waals surface area contributed by atoms with E-state index in [1.807, 2.05) is 0 Å². The van der Waals surface area contributed by atoms with Crippen LogP contribution < -0.4 is 0 Å². The maximum Gasteiger partial charge on any atom is 0.283 e. The van der Waals surface area contributed by atoms with Crippen LogP contribution in [-0.2, 0) is 0 Å². The van der Waals surface area contributed by atoms with Gasteiger partial charge in [0, 0.05) is 42.8 Å².